The number of hydrogen-bond acceptors (Lipinski definition) is 0. The molecule has 1 rings (SSSR count). The van der Waals surface area contributed by atoms with Gasteiger partial charge in [0.25, 0.3) is 0 Å². The van der Waals surface area contributed by atoms with Crippen molar-refractivity contribution in [2.75, 3.05) is 5.88 Å². The van der Waals surface area contributed by atoms with E-state index in [4.69, 9.17) is 23.2 Å². The van der Waals surface area contributed by atoms with Crippen molar-refractivity contribution in [1.82, 2.24) is 0 Å². The molecule has 0 heterocycles. The van der Waals surface area contributed by atoms with Crippen molar-refractivity contribution in [3.63, 3.8) is 0 Å². The van der Waals surface area contributed by atoms with Crippen molar-refractivity contribution >= 4 is 23.2 Å². The number of alkyl halides is 1. The predicted octanol–water partition coefficient (Wildman–Crippen LogP) is 4.29. The summed E-state index contributed by atoms with van der Waals surface area (Å²) in [6.45, 7) is 4.10. The summed E-state index contributed by atoms with van der Waals surface area (Å²) in [6.07, 6.45) is 0.755. The molecule has 0 saturated heterocycles. The minimum absolute atomic E-state index is 0.0121. The molecule has 78 valence electrons. The van der Waals surface area contributed by atoms with Gasteiger partial charge in [0, 0.05) is 5.88 Å². The van der Waals surface area contributed by atoms with E-state index in [-0.39, 0.29) is 16.3 Å². The molecule has 0 N–H and O–H groups in total. The zero-order valence-corrected chi connectivity index (χ0v) is 9.79. The lowest BCUT2D eigenvalue weighted by atomic mass is 9.88. The Kier molecular flexibility index (Phi) is 3.79. The van der Waals surface area contributed by atoms with E-state index >= 15 is 0 Å². The van der Waals surface area contributed by atoms with Crippen LogP contribution in [-0.4, -0.2) is 5.88 Å². The van der Waals surface area contributed by atoms with Crippen LogP contribution >= 0.6 is 23.2 Å². The molecule has 0 unspecified atom stereocenters. The normalized spacial score (nSPS) is 11.8. The Labute approximate surface area is 94.0 Å². The molecule has 0 aliphatic heterocycles. The minimum atomic E-state index is -0.366. The van der Waals surface area contributed by atoms with Crippen molar-refractivity contribution < 1.29 is 4.39 Å². The lowest BCUT2D eigenvalue weighted by Gasteiger charge is -2.21. The van der Waals surface area contributed by atoms with Gasteiger partial charge in [-0.3, -0.25) is 0 Å². The van der Waals surface area contributed by atoms with Crippen LogP contribution in [-0.2, 0) is 6.42 Å². The maximum atomic E-state index is 13.1. The largest absolute Gasteiger partial charge is 0.205 e. The molecule has 0 aliphatic carbocycles. The van der Waals surface area contributed by atoms with E-state index in [0.29, 0.717) is 5.88 Å². The molecule has 0 fully saturated rings. The van der Waals surface area contributed by atoms with Gasteiger partial charge in [0.05, 0.1) is 5.02 Å². The van der Waals surface area contributed by atoms with Crippen molar-refractivity contribution in [3.05, 3.63) is 34.6 Å². The molecule has 0 nitrogen and oxygen atoms in total. The maximum absolute atomic E-state index is 13.1. The van der Waals surface area contributed by atoms with Gasteiger partial charge in [-0.1, -0.05) is 31.5 Å². The Hall–Kier alpha value is -0.270. The molecule has 3 heteroatoms. The van der Waals surface area contributed by atoms with Crippen LogP contribution < -0.4 is 0 Å². The first-order valence-electron chi connectivity index (χ1n) is 4.44. The zero-order valence-electron chi connectivity index (χ0n) is 8.28. The maximum Gasteiger partial charge on any atom is 0.142 e. The highest BCUT2D eigenvalue weighted by molar-refractivity contribution is 6.30. The van der Waals surface area contributed by atoms with Crippen LogP contribution in [0.1, 0.15) is 19.4 Å². The summed E-state index contributed by atoms with van der Waals surface area (Å²) in [5, 5.41) is 0.164. The fourth-order valence-corrected chi connectivity index (χ4v) is 1.46. The fraction of sp³-hybridized carbons (Fsp3) is 0.455. The molecule has 0 aliphatic rings. The average Bonchev–Trinajstić information content (AvgIpc) is 2.11. The highest BCUT2D eigenvalue weighted by Crippen LogP contribution is 2.25. The minimum Gasteiger partial charge on any atom is -0.205 e. The fourth-order valence-electron chi connectivity index (χ4n) is 1.25. The second-order valence-corrected chi connectivity index (χ2v) is 4.90. The average molecular weight is 235 g/mol. The standard InChI is InChI=1S/C11H13Cl2F/c1-11(2,7-12)6-8-3-4-9(13)10(14)5-8/h3-5H,6-7H2,1-2H3. The summed E-state index contributed by atoms with van der Waals surface area (Å²) in [4.78, 5) is 0. The van der Waals surface area contributed by atoms with Gasteiger partial charge in [0.15, 0.2) is 0 Å². The molecule has 0 atom stereocenters. The second-order valence-electron chi connectivity index (χ2n) is 4.22. The van der Waals surface area contributed by atoms with E-state index in [9.17, 15) is 4.39 Å². The molecule has 0 aromatic heterocycles. The van der Waals surface area contributed by atoms with E-state index < -0.39 is 0 Å². The van der Waals surface area contributed by atoms with Gasteiger partial charge in [-0.2, -0.15) is 0 Å². The lowest BCUT2D eigenvalue weighted by molar-refractivity contribution is 0.417. The van der Waals surface area contributed by atoms with Gasteiger partial charge in [-0.05, 0) is 29.5 Å². The molecular formula is C11H13Cl2F. The van der Waals surface area contributed by atoms with Crippen LogP contribution in [0.25, 0.3) is 0 Å². The quantitative estimate of drug-likeness (QED) is 0.685. The van der Waals surface area contributed by atoms with Crippen LogP contribution in [0.15, 0.2) is 18.2 Å². The molecule has 0 amide bonds. The second kappa shape index (κ2) is 4.50. The third-order valence-corrected chi connectivity index (χ3v) is 3.06. The topological polar surface area (TPSA) is 0 Å². The van der Waals surface area contributed by atoms with Crippen molar-refractivity contribution in [3.8, 4) is 0 Å². The molecule has 0 spiro atoms. The number of hydrogen-bond donors (Lipinski definition) is 0. The Morgan fingerprint density at radius 3 is 2.50 bits per heavy atom. The summed E-state index contributed by atoms with van der Waals surface area (Å²) < 4.78 is 13.1. The van der Waals surface area contributed by atoms with Crippen LogP contribution in [0.4, 0.5) is 4.39 Å². The number of halogens is 3. The first-order valence-corrected chi connectivity index (χ1v) is 5.36. The third-order valence-electron chi connectivity index (χ3n) is 2.03. The zero-order chi connectivity index (χ0) is 10.8. The number of benzene rings is 1. The van der Waals surface area contributed by atoms with E-state index in [2.05, 4.69) is 0 Å². The molecule has 14 heavy (non-hydrogen) atoms. The lowest BCUT2D eigenvalue weighted by Crippen LogP contribution is -2.16. The van der Waals surface area contributed by atoms with E-state index in [1.54, 1.807) is 6.07 Å². The molecule has 1 aromatic carbocycles. The summed E-state index contributed by atoms with van der Waals surface area (Å²) in [5.41, 5.74) is 0.916. The van der Waals surface area contributed by atoms with Gasteiger partial charge < -0.3 is 0 Å². The van der Waals surface area contributed by atoms with Gasteiger partial charge in [-0.25, -0.2) is 4.39 Å². The van der Waals surface area contributed by atoms with Crippen LogP contribution in [0.5, 0.6) is 0 Å². The van der Waals surface area contributed by atoms with Crippen LogP contribution in [0.3, 0.4) is 0 Å². The van der Waals surface area contributed by atoms with Crippen molar-refractivity contribution in [2.45, 2.75) is 20.3 Å². The summed E-state index contributed by atoms with van der Waals surface area (Å²) in [7, 11) is 0. The van der Waals surface area contributed by atoms with E-state index in [1.165, 1.54) is 6.07 Å². The van der Waals surface area contributed by atoms with Gasteiger partial charge in [0.1, 0.15) is 5.82 Å². The van der Waals surface area contributed by atoms with Crippen molar-refractivity contribution in [1.29, 1.82) is 0 Å². The molecular weight excluding hydrogens is 222 g/mol. The molecule has 0 saturated carbocycles. The Bertz CT molecular complexity index is 321. The van der Waals surface area contributed by atoms with Gasteiger partial charge >= 0.3 is 0 Å². The summed E-state index contributed by atoms with van der Waals surface area (Å²) in [6, 6.07) is 4.88. The summed E-state index contributed by atoms with van der Waals surface area (Å²) in [5.74, 6) is 0.187. The highest BCUT2D eigenvalue weighted by Gasteiger charge is 2.17. The Morgan fingerprint density at radius 1 is 1.36 bits per heavy atom. The smallest absolute Gasteiger partial charge is 0.142 e. The highest BCUT2D eigenvalue weighted by atomic mass is 35.5. The van der Waals surface area contributed by atoms with Gasteiger partial charge in [0.2, 0.25) is 0 Å². The van der Waals surface area contributed by atoms with Gasteiger partial charge in [-0.15, -0.1) is 11.6 Å². The van der Waals surface area contributed by atoms with E-state index in [1.807, 2.05) is 19.9 Å². The van der Waals surface area contributed by atoms with Crippen LogP contribution in [0.2, 0.25) is 5.02 Å². The predicted molar refractivity (Wildman–Crippen MR) is 59.6 cm³/mol. The number of rotatable bonds is 3. The monoisotopic (exact) mass is 234 g/mol. The van der Waals surface area contributed by atoms with Crippen molar-refractivity contribution in [2.24, 2.45) is 5.41 Å². The molecule has 0 bridgehead atoms. The Balaban J connectivity index is 2.83. The first kappa shape index (κ1) is 11.8. The van der Waals surface area contributed by atoms with Crippen LogP contribution in [0, 0.1) is 11.2 Å². The third kappa shape index (κ3) is 3.14. The first-order chi connectivity index (χ1) is 6.44. The Morgan fingerprint density at radius 2 is 2.00 bits per heavy atom. The van der Waals surface area contributed by atoms with E-state index in [0.717, 1.165) is 12.0 Å². The summed E-state index contributed by atoms with van der Waals surface area (Å²) >= 11 is 11.4. The SMILES string of the molecule is CC(C)(CCl)Cc1ccc(Cl)c(F)c1. The molecule has 0 radical (unpaired) electrons. The molecule has 1 aromatic rings.